The van der Waals surface area contributed by atoms with E-state index in [1.165, 1.54) is 66.7 Å². The number of hydrogen-bond donors (Lipinski definition) is 4. The third kappa shape index (κ3) is 18.5. The largest absolute Gasteiger partial charge is 0.507 e. The summed E-state index contributed by atoms with van der Waals surface area (Å²) in [7, 11) is 0. The van der Waals surface area contributed by atoms with Gasteiger partial charge in [0.05, 0.1) is 98.2 Å². The fraction of sp³-hybridized carbons (Fsp3) is 0.262. The van der Waals surface area contributed by atoms with Gasteiger partial charge in [0, 0.05) is 101 Å². The molecule has 8 aromatic carbocycles. The minimum Gasteiger partial charge on any atom is -0.507 e. The molecule has 0 heterocycles. The van der Waals surface area contributed by atoms with E-state index >= 15 is 0 Å². The molecule has 8 aromatic rings. The van der Waals surface area contributed by atoms with Crippen molar-refractivity contribution in [1.29, 1.82) is 0 Å². The van der Waals surface area contributed by atoms with Crippen LogP contribution in [0.5, 0.6) is 23.0 Å². The number of rotatable bonds is 15. The number of aryl methyl sites for hydroxylation is 2. The van der Waals surface area contributed by atoms with Crippen molar-refractivity contribution in [2.45, 2.75) is 109 Å². The summed E-state index contributed by atoms with van der Waals surface area (Å²) in [5, 5.41) is 166. The van der Waals surface area contributed by atoms with Crippen molar-refractivity contribution in [1.82, 2.24) is 0 Å². The average Bonchev–Trinajstić information content (AvgIpc) is 0.793. The summed E-state index contributed by atoms with van der Waals surface area (Å²) in [6, 6.07) is 24.6. The molecule has 1 aliphatic rings. The molecule has 0 saturated heterocycles. The van der Waals surface area contributed by atoms with E-state index in [1.807, 2.05) is 0 Å². The maximum Gasteiger partial charge on any atom is 0.278 e. The molecular weight excluding hydrogens is 1280 g/mol. The summed E-state index contributed by atoms with van der Waals surface area (Å²) in [5.41, 5.74) is -3.96. The minimum atomic E-state index is -0.874. The van der Waals surface area contributed by atoms with Crippen LogP contribution >= 0.6 is 0 Å². The normalized spacial score (nSPS) is 13.8. The maximum atomic E-state index is 12.5. The van der Waals surface area contributed by atoms with Crippen molar-refractivity contribution >= 4 is 85.3 Å². The number of nitrogens with zero attached hydrogens (tertiary/aromatic N) is 15. The van der Waals surface area contributed by atoms with Gasteiger partial charge >= 0.3 is 0 Å². The Morgan fingerprint density at radius 3 is 0.673 bits per heavy atom. The van der Waals surface area contributed by atoms with Crippen LogP contribution in [0.2, 0.25) is 0 Å². The van der Waals surface area contributed by atoms with E-state index in [1.54, 1.807) is 6.07 Å². The first-order chi connectivity index (χ1) is 46.9. The third-order valence-electron chi connectivity index (χ3n) is 15.9. The summed E-state index contributed by atoms with van der Waals surface area (Å²) < 4.78 is 0. The number of non-ortho nitro benzene ring substituents is 7. The number of azo groups is 4. The van der Waals surface area contributed by atoms with Crippen LogP contribution in [0.4, 0.5) is 85.3 Å². The predicted molar refractivity (Wildman–Crippen MR) is 353 cm³/mol. The molecule has 0 radical (unpaired) electrons. The van der Waals surface area contributed by atoms with E-state index in [2.05, 4.69) is 40.9 Å². The zero-order chi connectivity index (χ0) is 70.2. The molecule has 33 nitrogen and oxygen atoms in total. The molecule has 33 heteroatoms. The lowest BCUT2D eigenvalue weighted by Crippen LogP contribution is -1.99. The number of fused-ring (bicyclic) bond motifs is 8. The summed E-state index contributed by atoms with van der Waals surface area (Å²) in [4.78, 5) is 77.1. The smallest absolute Gasteiger partial charge is 0.278 e. The van der Waals surface area contributed by atoms with Crippen molar-refractivity contribution in [3.05, 3.63) is 243 Å². The van der Waals surface area contributed by atoms with Crippen LogP contribution in [0.3, 0.4) is 0 Å². The van der Waals surface area contributed by atoms with Gasteiger partial charge in [-0.05, 0) is 91.4 Å². The van der Waals surface area contributed by atoms with Crippen molar-refractivity contribution in [3.63, 3.8) is 0 Å². The number of benzene rings is 8. The number of nitro benzene ring substituents is 7. The molecule has 0 fully saturated rings. The van der Waals surface area contributed by atoms with Crippen LogP contribution in [0, 0.1) is 70.8 Å². The maximum absolute atomic E-state index is 12.5. The van der Waals surface area contributed by atoms with Crippen LogP contribution in [0.15, 0.2) is 168 Å². The van der Waals surface area contributed by atoms with Crippen LogP contribution < -0.4 is 0 Å². The monoisotopic (exact) mass is 1340 g/mol. The highest BCUT2D eigenvalue weighted by Crippen LogP contribution is 2.43. The molecule has 0 spiro atoms. The lowest BCUT2D eigenvalue weighted by Gasteiger charge is -2.17. The highest BCUT2D eigenvalue weighted by Gasteiger charge is 2.24. The summed E-state index contributed by atoms with van der Waals surface area (Å²) in [6.07, 6.45) is 10.1. The van der Waals surface area contributed by atoms with Gasteiger partial charge in [-0.15, -0.1) is 0 Å². The number of hydrogen-bond acceptors (Lipinski definition) is 26. The fourth-order valence-corrected chi connectivity index (χ4v) is 11.1. The van der Waals surface area contributed by atoms with Gasteiger partial charge in [-0.3, -0.25) is 70.8 Å². The molecular formula is C65H59N15O18. The molecule has 502 valence electrons. The van der Waals surface area contributed by atoms with Gasteiger partial charge in [-0.2, -0.15) is 40.9 Å². The van der Waals surface area contributed by atoms with Gasteiger partial charge in [0.1, 0.15) is 23.0 Å². The highest BCUT2D eigenvalue weighted by atomic mass is 16.7. The zero-order valence-electron chi connectivity index (χ0n) is 51.9. The second-order valence-corrected chi connectivity index (χ2v) is 23.0. The van der Waals surface area contributed by atoms with Gasteiger partial charge < -0.3 is 20.4 Å². The number of phenols is 4. The van der Waals surface area contributed by atoms with E-state index in [0.717, 1.165) is 113 Å². The number of phenolic OH excluding ortho intramolecular Hbond substituents is 4. The zero-order valence-corrected chi connectivity index (χ0v) is 51.9. The summed E-state index contributed by atoms with van der Waals surface area (Å²) in [6.45, 7) is 0. The molecule has 0 atom stereocenters. The molecule has 1 aliphatic carbocycles. The van der Waals surface area contributed by atoms with Crippen molar-refractivity contribution < 1.29 is 54.9 Å². The molecule has 4 N–H and O–H groups in total. The Morgan fingerprint density at radius 2 is 0.429 bits per heavy atom. The average molecular weight is 1340 g/mol. The van der Waals surface area contributed by atoms with Gasteiger partial charge in [0.25, 0.3) is 39.8 Å². The molecule has 0 amide bonds. The number of nitro groups is 7. The minimum absolute atomic E-state index is 0.00793. The first kappa shape index (κ1) is 69.5. The second kappa shape index (κ2) is 31.9. The SMILES string of the molecule is O=[N+]([O-])c1cccc(N=Nc2cc3c(O)c(c2)Cc2cc(N=Nc4cc([N+](=O)[O-])cc([N+](=O)[O-])c4)cc(c2O)Cc2cc(N=Nc4cc([N+](=O)[O-])cc([N+](=O)[O-])c4)cc(c2O)Cc2cc(N=Nc4cc([N+](=O)[O-])cc([N+](=O)[O-])c4)cc(c2O)CCCCCCCCCCCCCC3)c1. The lowest BCUT2D eigenvalue weighted by atomic mass is 9.92. The Labute approximate surface area is 554 Å². The fourth-order valence-electron chi connectivity index (χ4n) is 11.1. The van der Waals surface area contributed by atoms with E-state index in [9.17, 15) is 91.2 Å². The predicted octanol–water partition coefficient (Wildman–Crippen LogP) is 19.1. The van der Waals surface area contributed by atoms with Gasteiger partial charge in [-0.1, -0.05) is 70.3 Å². The van der Waals surface area contributed by atoms with Gasteiger partial charge in [0.15, 0.2) is 0 Å². The van der Waals surface area contributed by atoms with Crippen molar-refractivity contribution in [3.8, 4) is 23.0 Å². The topological polar surface area (TPSA) is 482 Å². The Bertz CT molecular complexity index is 4500. The quantitative estimate of drug-likeness (QED) is 0.0421. The van der Waals surface area contributed by atoms with E-state index in [0.29, 0.717) is 42.9 Å². The number of aromatic hydroxyl groups is 4. The molecule has 0 unspecified atom stereocenters. The van der Waals surface area contributed by atoms with Gasteiger partial charge in [0.2, 0.25) is 0 Å². The van der Waals surface area contributed by atoms with E-state index in [4.69, 9.17) is 0 Å². The Balaban J connectivity index is 1.23. The van der Waals surface area contributed by atoms with Crippen LogP contribution in [-0.2, 0) is 32.1 Å². The first-order valence-corrected chi connectivity index (χ1v) is 30.6. The summed E-state index contributed by atoms with van der Waals surface area (Å²) >= 11 is 0. The second-order valence-electron chi connectivity index (χ2n) is 23.0. The third-order valence-corrected chi connectivity index (χ3v) is 15.9. The van der Waals surface area contributed by atoms with E-state index < -0.39 is 86.5 Å². The lowest BCUT2D eigenvalue weighted by molar-refractivity contribution is -0.394. The Hall–Kier alpha value is -12.8. The standard InChI is InChI=1S/C65H59N15O18/c81-62-39-14-11-9-7-5-3-1-2-4-6-8-10-12-15-40-22-49(68-71-52-30-56(75(87)88)36-57(31-52)76(89)90)24-42(63(40)82)19-44-26-51(70-73-54-34-60(79(95)96)38-61(35-54)80(97)98)28-46(65(44)84)20-45-27-50(69-72-53-32-58(77(91)92)37-59(33-53)78(93)94)25-43(64(45)83)18-41(62)23-48(21-39)67-66-47-16-13-17-55(29-47)74(85)86/h13,16-17,21-38,81-84H,1-12,14-15,18-20H2. The highest BCUT2D eigenvalue weighted by molar-refractivity contribution is 5.64. The van der Waals surface area contributed by atoms with Crippen molar-refractivity contribution in [2.75, 3.05) is 0 Å². The molecule has 98 heavy (non-hydrogen) atoms. The Kier molecular flexibility index (Phi) is 22.6. The summed E-state index contributed by atoms with van der Waals surface area (Å²) in [5.74, 6) is -1.38. The van der Waals surface area contributed by atoms with Crippen LogP contribution in [0.25, 0.3) is 0 Å². The molecule has 8 bridgehead atoms. The first-order valence-electron chi connectivity index (χ1n) is 30.6. The van der Waals surface area contributed by atoms with Crippen LogP contribution in [0.1, 0.15) is 122 Å². The van der Waals surface area contributed by atoms with Crippen molar-refractivity contribution in [2.24, 2.45) is 40.9 Å². The molecule has 9 rings (SSSR count). The van der Waals surface area contributed by atoms with Gasteiger partial charge in [-0.25, -0.2) is 0 Å². The molecule has 0 aliphatic heterocycles. The molecule has 0 saturated carbocycles. The Morgan fingerprint density at radius 1 is 0.235 bits per heavy atom. The van der Waals surface area contributed by atoms with E-state index in [-0.39, 0.29) is 109 Å². The molecule has 0 aromatic heterocycles. The van der Waals surface area contributed by atoms with Crippen LogP contribution in [-0.4, -0.2) is 54.9 Å².